The van der Waals surface area contributed by atoms with E-state index in [1.54, 1.807) is 24.3 Å². The maximum absolute atomic E-state index is 12.6. The van der Waals surface area contributed by atoms with Gasteiger partial charge in [-0.25, -0.2) is 5.43 Å². The molecule has 0 bridgehead atoms. The van der Waals surface area contributed by atoms with E-state index in [9.17, 15) is 22.8 Å². The molecule has 2 aromatic carbocycles. The zero-order chi connectivity index (χ0) is 18.4. The van der Waals surface area contributed by atoms with E-state index < -0.39 is 23.6 Å². The molecule has 2 aromatic rings. The molecule has 0 saturated heterocycles. The molecule has 0 saturated carbocycles. The van der Waals surface area contributed by atoms with Gasteiger partial charge in [0.25, 0.3) is 0 Å². The third-order valence-corrected chi connectivity index (χ3v) is 3.38. The average Bonchev–Trinajstić information content (AvgIpc) is 2.54. The predicted molar refractivity (Wildman–Crippen MR) is 90.0 cm³/mol. The van der Waals surface area contributed by atoms with Gasteiger partial charge in [-0.15, -0.1) is 0 Å². The summed E-state index contributed by atoms with van der Waals surface area (Å²) in [6, 6.07) is 11.0. The summed E-state index contributed by atoms with van der Waals surface area (Å²) in [6.45, 7) is 0. The third-order valence-electron chi connectivity index (χ3n) is 2.88. The fourth-order valence-corrected chi connectivity index (χ4v) is 2.18. The van der Waals surface area contributed by atoms with Crippen LogP contribution in [0.3, 0.4) is 0 Å². The van der Waals surface area contributed by atoms with Crippen molar-refractivity contribution < 1.29 is 22.8 Å². The van der Waals surface area contributed by atoms with Crippen LogP contribution in [0.1, 0.15) is 11.1 Å². The molecule has 0 aliphatic rings. The SMILES string of the molecule is O=C(N/N=C\c1cccc(Br)c1)C(=O)Nc1cccc(C(F)(F)F)c1. The number of hydrogen-bond donors (Lipinski definition) is 2. The maximum atomic E-state index is 12.6. The Kier molecular flexibility index (Phi) is 5.92. The number of alkyl halides is 3. The zero-order valence-corrected chi connectivity index (χ0v) is 14.1. The Hall–Kier alpha value is -2.68. The number of hydrogen-bond acceptors (Lipinski definition) is 3. The second kappa shape index (κ2) is 7.93. The molecule has 2 N–H and O–H groups in total. The highest BCUT2D eigenvalue weighted by molar-refractivity contribution is 9.10. The lowest BCUT2D eigenvalue weighted by Gasteiger charge is -2.09. The maximum Gasteiger partial charge on any atom is 0.416 e. The molecular weight excluding hydrogens is 403 g/mol. The molecule has 0 unspecified atom stereocenters. The number of amides is 2. The van der Waals surface area contributed by atoms with Gasteiger partial charge in [0.15, 0.2) is 0 Å². The molecule has 130 valence electrons. The van der Waals surface area contributed by atoms with Crippen LogP contribution in [0.2, 0.25) is 0 Å². The van der Waals surface area contributed by atoms with E-state index in [2.05, 4.69) is 26.3 Å². The monoisotopic (exact) mass is 413 g/mol. The lowest BCUT2D eigenvalue weighted by atomic mass is 10.2. The molecule has 0 aromatic heterocycles. The van der Waals surface area contributed by atoms with Crippen molar-refractivity contribution in [3.05, 3.63) is 64.1 Å². The standard InChI is InChI=1S/C16H11BrF3N3O2/c17-12-5-1-3-10(7-12)9-21-23-15(25)14(24)22-13-6-2-4-11(8-13)16(18,19)20/h1-9H,(H,22,24)(H,23,25)/b21-9-. The molecule has 2 amide bonds. The molecule has 9 heteroatoms. The normalized spacial score (nSPS) is 11.4. The average molecular weight is 414 g/mol. The van der Waals surface area contributed by atoms with E-state index in [1.165, 1.54) is 12.3 Å². The minimum Gasteiger partial charge on any atom is -0.318 e. The molecule has 0 heterocycles. The van der Waals surface area contributed by atoms with Gasteiger partial charge in [0.05, 0.1) is 11.8 Å². The van der Waals surface area contributed by atoms with Crippen LogP contribution in [0.15, 0.2) is 58.1 Å². The minimum atomic E-state index is -4.54. The first-order chi connectivity index (χ1) is 11.8. The van der Waals surface area contributed by atoms with Gasteiger partial charge < -0.3 is 5.32 Å². The summed E-state index contributed by atoms with van der Waals surface area (Å²) in [5.41, 5.74) is 1.59. The van der Waals surface area contributed by atoms with Crippen molar-refractivity contribution in [1.82, 2.24) is 5.43 Å². The number of benzene rings is 2. The molecule has 25 heavy (non-hydrogen) atoms. The van der Waals surface area contributed by atoms with Gasteiger partial charge in [-0.1, -0.05) is 34.1 Å². The second-order valence-electron chi connectivity index (χ2n) is 4.79. The Morgan fingerprint density at radius 1 is 1.04 bits per heavy atom. The zero-order valence-electron chi connectivity index (χ0n) is 12.5. The van der Waals surface area contributed by atoms with Gasteiger partial charge in [-0.05, 0) is 35.9 Å². The Labute approximate surface area is 149 Å². The van der Waals surface area contributed by atoms with Gasteiger partial charge in [0, 0.05) is 10.2 Å². The van der Waals surface area contributed by atoms with Crippen molar-refractivity contribution >= 4 is 39.6 Å². The van der Waals surface area contributed by atoms with Gasteiger partial charge in [0.2, 0.25) is 0 Å². The number of carbonyl (C=O) groups is 2. The second-order valence-corrected chi connectivity index (χ2v) is 5.70. The van der Waals surface area contributed by atoms with Crippen LogP contribution in [-0.4, -0.2) is 18.0 Å². The molecule has 5 nitrogen and oxygen atoms in total. The molecule has 0 aliphatic carbocycles. The molecule has 0 aliphatic heterocycles. The van der Waals surface area contributed by atoms with Crippen molar-refractivity contribution in [3.63, 3.8) is 0 Å². The highest BCUT2D eigenvalue weighted by Crippen LogP contribution is 2.30. The summed E-state index contributed by atoms with van der Waals surface area (Å²) in [5, 5.41) is 5.70. The van der Waals surface area contributed by atoms with E-state index in [4.69, 9.17) is 0 Å². The summed E-state index contributed by atoms with van der Waals surface area (Å²) < 4.78 is 38.6. The molecule has 0 spiro atoms. The fourth-order valence-electron chi connectivity index (χ4n) is 1.76. The van der Waals surface area contributed by atoms with Crippen LogP contribution in [0, 0.1) is 0 Å². The molecule has 0 radical (unpaired) electrons. The van der Waals surface area contributed by atoms with Crippen LogP contribution in [0.4, 0.5) is 18.9 Å². The van der Waals surface area contributed by atoms with Crippen LogP contribution in [0.5, 0.6) is 0 Å². The van der Waals surface area contributed by atoms with Crippen molar-refractivity contribution in [3.8, 4) is 0 Å². The number of carbonyl (C=O) groups excluding carboxylic acids is 2. The van der Waals surface area contributed by atoms with Gasteiger partial charge in [0.1, 0.15) is 0 Å². The number of halogens is 4. The topological polar surface area (TPSA) is 70.6 Å². The molecule has 0 atom stereocenters. The van der Waals surface area contributed by atoms with E-state index in [-0.39, 0.29) is 5.69 Å². The largest absolute Gasteiger partial charge is 0.416 e. The van der Waals surface area contributed by atoms with E-state index in [0.29, 0.717) is 5.56 Å². The summed E-state index contributed by atoms with van der Waals surface area (Å²) in [7, 11) is 0. The Balaban J connectivity index is 1.95. The van der Waals surface area contributed by atoms with E-state index in [0.717, 1.165) is 22.7 Å². The lowest BCUT2D eigenvalue weighted by Crippen LogP contribution is -2.32. The van der Waals surface area contributed by atoms with Gasteiger partial charge in [-0.2, -0.15) is 18.3 Å². The molecule has 2 rings (SSSR count). The summed E-state index contributed by atoms with van der Waals surface area (Å²) in [6.07, 6.45) is -3.22. The third kappa shape index (κ3) is 5.71. The van der Waals surface area contributed by atoms with Gasteiger partial charge in [-0.3, -0.25) is 9.59 Å². The van der Waals surface area contributed by atoms with Crippen molar-refractivity contribution in [2.75, 3.05) is 5.32 Å². The predicted octanol–water partition coefficient (Wildman–Crippen LogP) is 3.56. The Morgan fingerprint density at radius 2 is 1.76 bits per heavy atom. The number of nitrogens with zero attached hydrogens (tertiary/aromatic N) is 1. The van der Waals surface area contributed by atoms with Crippen LogP contribution in [-0.2, 0) is 15.8 Å². The number of hydrazone groups is 1. The van der Waals surface area contributed by atoms with Crippen molar-refractivity contribution in [2.24, 2.45) is 5.10 Å². The number of nitrogens with one attached hydrogen (secondary N) is 2. The van der Waals surface area contributed by atoms with Crippen LogP contribution >= 0.6 is 15.9 Å². The number of anilines is 1. The van der Waals surface area contributed by atoms with Crippen LogP contribution < -0.4 is 10.7 Å². The first-order valence-electron chi connectivity index (χ1n) is 6.83. The summed E-state index contributed by atoms with van der Waals surface area (Å²) in [4.78, 5) is 23.3. The van der Waals surface area contributed by atoms with Crippen molar-refractivity contribution in [1.29, 1.82) is 0 Å². The van der Waals surface area contributed by atoms with Gasteiger partial charge >= 0.3 is 18.0 Å². The Bertz CT molecular complexity index is 822. The summed E-state index contributed by atoms with van der Waals surface area (Å²) >= 11 is 3.27. The highest BCUT2D eigenvalue weighted by Gasteiger charge is 2.30. The molecule has 0 fully saturated rings. The van der Waals surface area contributed by atoms with E-state index in [1.807, 2.05) is 5.43 Å². The van der Waals surface area contributed by atoms with Crippen molar-refractivity contribution in [2.45, 2.75) is 6.18 Å². The molecular formula is C16H11BrF3N3O2. The van der Waals surface area contributed by atoms with Crippen LogP contribution in [0.25, 0.3) is 0 Å². The smallest absolute Gasteiger partial charge is 0.318 e. The Morgan fingerprint density at radius 3 is 2.44 bits per heavy atom. The first kappa shape index (κ1) is 18.7. The highest BCUT2D eigenvalue weighted by atomic mass is 79.9. The summed E-state index contributed by atoms with van der Waals surface area (Å²) in [5.74, 6) is -2.24. The quantitative estimate of drug-likeness (QED) is 0.458. The number of rotatable bonds is 3. The lowest BCUT2D eigenvalue weighted by molar-refractivity contribution is -0.137. The fraction of sp³-hybridized carbons (Fsp3) is 0.0625. The minimum absolute atomic E-state index is 0.147. The van der Waals surface area contributed by atoms with E-state index >= 15 is 0 Å². The first-order valence-corrected chi connectivity index (χ1v) is 7.62.